The Labute approximate surface area is 123 Å². The summed E-state index contributed by atoms with van der Waals surface area (Å²) in [5.74, 6) is -0.182. The first-order valence-electron chi connectivity index (χ1n) is 6.15. The zero-order chi connectivity index (χ0) is 13.8. The normalized spacial score (nSPS) is 10.1. The Morgan fingerprint density at radius 3 is 2.75 bits per heavy atom. The third-order valence-corrected chi connectivity index (χ3v) is 3.03. The molecule has 1 amide bonds. The third kappa shape index (κ3) is 3.37. The maximum atomic E-state index is 12.2. The second kappa shape index (κ2) is 7.07. The molecule has 0 aliphatic heterocycles. The molecular weight excluding hydrogens is 278 g/mol. The number of aromatic nitrogens is 1. The van der Waals surface area contributed by atoms with Crippen molar-refractivity contribution in [1.29, 1.82) is 0 Å². The SMILES string of the molecule is CNCCN(C)C(=O)c1cc2ccccc2c(=O)[nH]1.Cl. The first-order valence-corrected chi connectivity index (χ1v) is 6.15. The number of benzene rings is 1. The fraction of sp³-hybridized carbons (Fsp3) is 0.286. The molecular formula is C14H18ClN3O2. The van der Waals surface area contributed by atoms with Crippen LogP contribution in [0.3, 0.4) is 0 Å². The van der Waals surface area contributed by atoms with Gasteiger partial charge >= 0.3 is 0 Å². The molecule has 5 nitrogen and oxygen atoms in total. The van der Waals surface area contributed by atoms with E-state index >= 15 is 0 Å². The number of carbonyl (C=O) groups is 1. The van der Waals surface area contributed by atoms with Crippen molar-refractivity contribution < 1.29 is 4.79 Å². The minimum atomic E-state index is -0.233. The van der Waals surface area contributed by atoms with Gasteiger partial charge in [0.25, 0.3) is 11.5 Å². The van der Waals surface area contributed by atoms with Crippen LogP contribution in [-0.2, 0) is 0 Å². The number of likely N-dealkylation sites (N-methyl/N-ethyl adjacent to an activating group) is 2. The molecule has 0 spiro atoms. The molecule has 0 saturated carbocycles. The van der Waals surface area contributed by atoms with Gasteiger partial charge < -0.3 is 15.2 Å². The van der Waals surface area contributed by atoms with Gasteiger partial charge in [-0.2, -0.15) is 0 Å². The predicted octanol–water partition coefficient (Wildman–Crippen LogP) is 1.24. The van der Waals surface area contributed by atoms with E-state index in [0.717, 1.165) is 5.39 Å². The first-order chi connectivity index (χ1) is 9.13. The number of nitrogens with one attached hydrogen (secondary N) is 2. The number of amides is 1. The van der Waals surface area contributed by atoms with Gasteiger partial charge in [-0.3, -0.25) is 9.59 Å². The molecule has 0 atom stereocenters. The van der Waals surface area contributed by atoms with Crippen LogP contribution in [0, 0.1) is 0 Å². The van der Waals surface area contributed by atoms with Gasteiger partial charge in [-0.25, -0.2) is 0 Å². The Balaban J connectivity index is 0.00000200. The number of fused-ring (bicyclic) bond motifs is 1. The monoisotopic (exact) mass is 295 g/mol. The highest BCUT2D eigenvalue weighted by Crippen LogP contribution is 2.10. The zero-order valence-electron chi connectivity index (χ0n) is 11.5. The summed E-state index contributed by atoms with van der Waals surface area (Å²) in [6.45, 7) is 1.30. The van der Waals surface area contributed by atoms with E-state index in [1.54, 1.807) is 30.1 Å². The number of H-pyrrole nitrogens is 1. The van der Waals surface area contributed by atoms with Gasteiger partial charge in [-0.1, -0.05) is 18.2 Å². The molecule has 0 fully saturated rings. The van der Waals surface area contributed by atoms with Gasteiger partial charge in [0.2, 0.25) is 0 Å². The van der Waals surface area contributed by atoms with Crippen LogP contribution < -0.4 is 10.9 Å². The quantitative estimate of drug-likeness (QED) is 0.892. The van der Waals surface area contributed by atoms with Crippen LogP contribution in [0.15, 0.2) is 35.1 Å². The second-order valence-corrected chi connectivity index (χ2v) is 4.43. The summed E-state index contributed by atoms with van der Waals surface area (Å²) in [7, 11) is 3.55. The summed E-state index contributed by atoms with van der Waals surface area (Å²) in [5.41, 5.74) is 0.0887. The molecule has 0 aliphatic rings. The molecule has 20 heavy (non-hydrogen) atoms. The topological polar surface area (TPSA) is 65.2 Å². The van der Waals surface area contributed by atoms with Crippen LogP contribution in [0.1, 0.15) is 10.5 Å². The fourth-order valence-electron chi connectivity index (χ4n) is 1.91. The fourth-order valence-corrected chi connectivity index (χ4v) is 1.91. The molecule has 6 heteroatoms. The predicted molar refractivity (Wildman–Crippen MR) is 82.7 cm³/mol. The number of nitrogens with zero attached hydrogens (tertiary/aromatic N) is 1. The summed E-state index contributed by atoms with van der Waals surface area (Å²) in [6.07, 6.45) is 0. The van der Waals surface area contributed by atoms with Crippen LogP contribution in [0.4, 0.5) is 0 Å². The number of hydrogen-bond donors (Lipinski definition) is 2. The van der Waals surface area contributed by atoms with Crippen LogP contribution in [0.25, 0.3) is 10.8 Å². The zero-order valence-corrected chi connectivity index (χ0v) is 12.3. The Morgan fingerprint density at radius 1 is 1.35 bits per heavy atom. The lowest BCUT2D eigenvalue weighted by atomic mass is 10.1. The Morgan fingerprint density at radius 2 is 2.05 bits per heavy atom. The minimum Gasteiger partial charge on any atom is -0.339 e. The smallest absolute Gasteiger partial charge is 0.270 e. The maximum Gasteiger partial charge on any atom is 0.270 e. The minimum absolute atomic E-state index is 0. The first kappa shape index (κ1) is 16.2. The van der Waals surface area contributed by atoms with E-state index in [1.165, 1.54) is 0 Å². The van der Waals surface area contributed by atoms with Crippen LogP contribution >= 0.6 is 12.4 Å². The van der Waals surface area contributed by atoms with Gasteiger partial charge in [-0.15, -0.1) is 12.4 Å². The van der Waals surface area contributed by atoms with Crippen LogP contribution in [0.2, 0.25) is 0 Å². The second-order valence-electron chi connectivity index (χ2n) is 4.43. The number of rotatable bonds is 4. The summed E-state index contributed by atoms with van der Waals surface area (Å²) in [4.78, 5) is 28.3. The van der Waals surface area contributed by atoms with E-state index in [4.69, 9.17) is 0 Å². The number of halogens is 1. The van der Waals surface area contributed by atoms with Gasteiger partial charge in [-0.05, 0) is 24.6 Å². The highest BCUT2D eigenvalue weighted by atomic mass is 35.5. The van der Waals surface area contributed by atoms with E-state index in [1.807, 2.05) is 19.2 Å². The Kier molecular flexibility index (Phi) is 5.73. The van der Waals surface area contributed by atoms with Crippen molar-refractivity contribution in [2.24, 2.45) is 0 Å². The molecule has 0 saturated heterocycles. The number of hydrogen-bond acceptors (Lipinski definition) is 3. The van der Waals surface area contributed by atoms with Gasteiger partial charge in [0.05, 0.1) is 0 Å². The number of aromatic amines is 1. The van der Waals surface area contributed by atoms with Crippen molar-refractivity contribution in [3.05, 3.63) is 46.4 Å². The van der Waals surface area contributed by atoms with Crippen molar-refractivity contribution in [1.82, 2.24) is 15.2 Å². The van der Waals surface area contributed by atoms with Crippen LogP contribution in [-0.4, -0.2) is 43.0 Å². The molecule has 0 unspecified atom stereocenters. The van der Waals surface area contributed by atoms with Gasteiger partial charge in [0.1, 0.15) is 5.69 Å². The van der Waals surface area contributed by atoms with Crippen molar-refractivity contribution in [3.8, 4) is 0 Å². The summed E-state index contributed by atoms with van der Waals surface area (Å²) < 4.78 is 0. The molecule has 0 aliphatic carbocycles. The molecule has 1 aromatic carbocycles. The average Bonchev–Trinajstić information content (AvgIpc) is 2.43. The van der Waals surface area contributed by atoms with E-state index in [-0.39, 0.29) is 23.9 Å². The van der Waals surface area contributed by atoms with Gasteiger partial charge in [0, 0.05) is 25.5 Å². The lowest BCUT2D eigenvalue weighted by Gasteiger charge is -2.16. The van der Waals surface area contributed by atoms with E-state index in [0.29, 0.717) is 24.2 Å². The van der Waals surface area contributed by atoms with Crippen LogP contribution in [0.5, 0.6) is 0 Å². The maximum absolute atomic E-state index is 12.2. The highest BCUT2D eigenvalue weighted by molar-refractivity contribution is 5.96. The molecule has 0 bridgehead atoms. The lowest BCUT2D eigenvalue weighted by Crippen LogP contribution is -2.34. The highest BCUT2D eigenvalue weighted by Gasteiger charge is 2.13. The molecule has 2 N–H and O–H groups in total. The van der Waals surface area contributed by atoms with E-state index in [9.17, 15) is 9.59 Å². The molecule has 2 rings (SSSR count). The van der Waals surface area contributed by atoms with Gasteiger partial charge in [0.15, 0.2) is 0 Å². The number of pyridine rings is 1. The standard InChI is InChI=1S/C14H17N3O2.ClH/c1-15-7-8-17(2)14(19)12-9-10-5-3-4-6-11(10)13(18)16-12;/h3-6,9,15H,7-8H2,1-2H3,(H,16,18);1H. The van der Waals surface area contributed by atoms with Crippen molar-refractivity contribution >= 4 is 29.1 Å². The summed E-state index contributed by atoms with van der Waals surface area (Å²) in [5, 5.41) is 4.35. The molecule has 0 radical (unpaired) electrons. The van der Waals surface area contributed by atoms with E-state index in [2.05, 4.69) is 10.3 Å². The average molecular weight is 296 g/mol. The summed E-state index contributed by atoms with van der Waals surface area (Å²) >= 11 is 0. The molecule has 2 aromatic rings. The Bertz CT molecular complexity index is 654. The lowest BCUT2D eigenvalue weighted by molar-refractivity contribution is 0.0791. The number of carbonyl (C=O) groups excluding carboxylic acids is 1. The molecule has 1 aromatic heterocycles. The van der Waals surface area contributed by atoms with Crippen molar-refractivity contribution in [2.75, 3.05) is 27.2 Å². The van der Waals surface area contributed by atoms with Crippen molar-refractivity contribution in [2.45, 2.75) is 0 Å². The molecule has 108 valence electrons. The Hall–Kier alpha value is -1.85. The largest absolute Gasteiger partial charge is 0.339 e. The molecule has 1 heterocycles. The van der Waals surface area contributed by atoms with Crippen molar-refractivity contribution in [3.63, 3.8) is 0 Å². The van der Waals surface area contributed by atoms with E-state index < -0.39 is 0 Å². The third-order valence-electron chi connectivity index (χ3n) is 3.03. The summed E-state index contributed by atoms with van der Waals surface area (Å²) in [6, 6.07) is 8.94.